The number of carbonyl (C=O) groups excluding carboxylic acids is 1. The van der Waals surface area contributed by atoms with E-state index >= 15 is 0 Å². The van der Waals surface area contributed by atoms with E-state index in [-0.39, 0.29) is 23.5 Å². The summed E-state index contributed by atoms with van der Waals surface area (Å²) in [5.41, 5.74) is 1.24. The molecule has 2 aromatic carbocycles. The number of sulfonamides is 1. The molecule has 0 heterocycles. The van der Waals surface area contributed by atoms with Crippen molar-refractivity contribution in [3.05, 3.63) is 54.1 Å². The lowest BCUT2D eigenvalue weighted by Gasteiger charge is -2.17. The number of nitrogens with zero attached hydrogens (tertiary/aromatic N) is 1. The van der Waals surface area contributed by atoms with Gasteiger partial charge in [-0.3, -0.25) is 9.10 Å². The van der Waals surface area contributed by atoms with Crippen molar-refractivity contribution in [2.45, 2.75) is 17.9 Å². The maximum atomic E-state index is 12.1. The Balaban J connectivity index is 1.91. The molecule has 0 saturated carbocycles. The van der Waals surface area contributed by atoms with Crippen LogP contribution in [0.2, 0.25) is 0 Å². The van der Waals surface area contributed by atoms with Crippen LogP contribution in [-0.2, 0) is 24.7 Å². The van der Waals surface area contributed by atoms with Gasteiger partial charge in [-0.25, -0.2) is 16.8 Å². The summed E-state index contributed by atoms with van der Waals surface area (Å²) in [6.07, 6.45) is 2.24. The largest absolute Gasteiger partial charge is 0.484 e. The predicted molar refractivity (Wildman–Crippen MR) is 111 cm³/mol. The summed E-state index contributed by atoms with van der Waals surface area (Å²) >= 11 is 0. The van der Waals surface area contributed by atoms with Gasteiger partial charge in [-0.05, 0) is 48.9 Å². The van der Waals surface area contributed by atoms with E-state index in [1.54, 1.807) is 43.3 Å². The molecule has 0 spiro atoms. The smallest absolute Gasteiger partial charge is 0.258 e. The van der Waals surface area contributed by atoms with Gasteiger partial charge in [0.2, 0.25) is 10.0 Å². The second kappa shape index (κ2) is 8.83. The van der Waals surface area contributed by atoms with Crippen LogP contribution in [0.1, 0.15) is 18.5 Å². The Morgan fingerprint density at radius 1 is 1.00 bits per heavy atom. The molecule has 10 heteroatoms. The number of hydrogen-bond acceptors (Lipinski definition) is 6. The van der Waals surface area contributed by atoms with Crippen molar-refractivity contribution < 1.29 is 26.4 Å². The normalized spacial score (nSPS) is 12.8. The standard InChI is InChI=1S/C19H24N2O6S2/c1-14(15-5-11-18(12-6-15)28(3,23)24)20-19(22)13-27-17-9-7-16(8-10-17)21(2)29(4,25)26/h5-12,14H,13H2,1-4H3,(H,20,22). The Bertz CT molecular complexity index is 1060. The number of rotatable bonds is 8. The zero-order chi connectivity index (χ0) is 21.8. The van der Waals surface area contributed by atoms with Gasteiger partial charge in [0.15, 0.2) is 16.4 Å². The van der Waals surface area contributed by atoms with E-state index < -0.39 is 19.9 Å². The van der Waals surface area contributed by atoms with Crippen LogP contribution in [0.5, 0.6) is 5.75 Å². The molecule has 8 nitrogen and oxygen atoms in total. The van der Waals surface area contributed by atoms with E-state index in [2.05, 4.69) is 5.32 Å². The topological polar surface area (TPSA) is 110 Å². The lowest BCUT2D eigenvalue weighted by molar-refractivity contribution is -0.123. The van der Waals surface area contributed by atoms with E-state index in [4.69, 9.17) is 4.74 Å². The Morgan fingerprint density at radius 2 is 1.55 bits per heavy atom. The highest BCUT2D eigenvalue weighted by Gasteiger charge is 2.14. The van der Waals surface area contributed by atoms with Crippen molar-refractivity contribution in [2.75, 3.05) is 30.5 Å². The first kappa shape index (κ1) is 22.7. The van der Waals surface area contributed by atoms with E-state index in [0.717, 1.165) is 22.4 Å². The predicted octanol–water partition coefficient (Wildman–Crippen LogP) is 1.74. The zero-order valence-corrected chi connectivity index (χ0v) is 18.2. The van der Waals surface area contributed by atoms with Gasteiger partial charge < -0.3 is 10.1 Å². The van der Waals surface area contributed by atoms with Crippen molar-refractivity contribution in [3.8, 4) is 5.75 Å². The summed E-state index contributed by atoms with van der Waals surface area (Å²) in [4.78, 5) is 12.3. The minimum absolute atomic E-state index is 0.215. The molecule has 2 rings (SSSR count). The van der Waals surface area contributed by atoms with Crippen LogP contribution in [0, 0.1) is 0 Å². The summed E-state index contributed by atoms with van der Waals surface area (Å²) in [5, 5.41) is 2.77. The quantitative estimate of drug-likeness (QED) is 0.670. The molecule has 0 aliphatic heterocycles. The number of amides is 1. The number of benzene rings is 2. The molecule has 0 bridgehead atoms. The van der Waals surface area contributed by atoms with Crippen LogP contribution in [0.4, 0.5) is 5.69 Å². The summed E-state index contributed by atoms with van der Waals surface area (Å²) in [7, 11) is -5.17. The number of anilines is 1. The van der Waals surface area contributed by atoms with Crippen molar-refractivity contribution in [1.29, 1.82) is 0 Å². The molecular formula is C19H24N2O6S2. The van der Waals surface area contributed by atoms with E-state index in [0.29, 0.717) is 11.4 Å². The zero-order valence-electron chi connectivity index (χ0n) is 16.6. The van der Waals surface area contributed by atoms with Crippen LogP contribution in [0.25, 0.3) is 0 Å². The van der Waals surface area contributed by atoms with E-state index in [1.807, 2.05) is 0 Å². The second-order valence-electron chi connectivity index (χ2n) is 6.64. The highest BCUT2D eigenvalue weighted by Crippen LogP contribution is 2.20. The van der Waals surface area contributed by atoms with Crippen LogP contribution >= 0.6 is 0 Å². The van der Waals surface area contributed by atoms with Gasteiger partial charge in [0.25, 0.3) is 5.91 Å². The fourth-order valence-corrected chi connectivity index (χ4v) is 3.60. The molecule has 29 heavy (non-hydrogen) atoms. The lowest BCUT2D eigenvalue weighted by Crippen LogP contribution is -2.31. The Labute approximate surface area is 171 Å². The minimum Gasteiger partial charge on any atom is -0.484 e. The van der Waals surface area contributed by atoms with Gasteiger partial charge >= 0.3 is 0 Å². The van der Waals surface area contributed by atoms with Crippen LogP contribution in [0.15, 0.2) is 53.4 Å². The molecule has 2 aromatic rings. The summed E-state index contributed by atoms with van der Waals surface area (Å²) in [5.74, 6) is 0.0815. The number of carbonyl (C=O) groups is 1. The highest BCUT2D eigenvalue weighted by molar-refractivity contribution is 7.92. The number of hydrogen-bond donors (Lipinski definition) is 1. The summed E-state index contributed by atoms with van der Waals surface area (Å²) in [6, 6.07) is 12.3. The fourth-order valence-electron chi connectivity index (χ4n) is 2.46. The van der Waals surface area contributed by atoms with Crippen molar-refractivity contribution in [2.24, 2.45) is 0 Å². The molecule has 0 aromatic heterocycles. The molecule has 0 saturated heterocycles. The maximum absolute atomic E-state index is 12.1. The molecule has 1 amide bonds. The van der Waals surface area contributed by atoms with E-state index in [1.165, 1.54) is 19.2 Å². The third-order valence-electron chi connectivity index (χ3n) is 4.25. The first-order valence-corrected chi connectivity index (χ1v) is 12.4. The second-order valence-corrected chi connectivity index (χ2v) is 10.7. The third kappa shape index (κ3) is 6.47. The van der Waals surface area contributed by atoms with Crippen molar-refractivity contribution in [1.82, 2.24) is 5.32 Å². The summed E-state index contributed by atoms with van der Waals surface area (Å²) in [6.45, 7) is 1.57. The lowest BCUT2D eigenvalue weighted by atomic mass is 10.1. The molecule has 0 aliphatic carbocycles. The maximum Gasteiger partial charge on any atom is 0.258 e. The molecule has 1 N–H and O–H groups in total. The molecule has 0 fully saturated rings. The average molecular weight is 441 g/mol. The van der Waals surface area contributed by atoms with Gasteiger partial charge in [-0.1, -0.05) is 12.1 Å². The first-order chi connectivity index (χ1) is 13.4. The molecule has 0 radical (unpaired) electrons. The third-order valence-corrected chi connectivity index (χ3v) is 6.59. The molecule has 0 aliphatic rings. The van der Waals surface area contributed by atoms with Gasteiger partial charge in [0.1, 0.15) is 5.75 Å². The van der Waals surface area contributed by atoms with Crippen LogP contribution < -0.4 is 14.4 Å². The van der Waals surface area contributed by atoms with E-state index in [9.17, 15) is 21.6 Å². The van der Waals surface area contributed by atoms with Crippen molar-refractivity contribution >= 4 is 31.5 Å². The highest BCUT2D eigenvalue weighted by atomic mass is 32.2. The molecular weight excluding hydrogens is 416 g/mol. The van der Waals surface area contributed by atoms with Gasteiger partial charge in [-0.15, -0.1) is 0 Å². The molecule has 1 atom stereocenters. The average Bonchev–Trinajstić information content (AvgIpc) is 2.65. The number of nitrogens with one attached hydrogen (secondary N) is 1. The van der Waals surface area contributed by atoms with Gasteiger partial charge in [-0.2, -0.15) is 0 Å². The van der Waals surface area contributed by atoms with Gasteiger partial charge in [0, 0.05) is 13.3 Å². The van der Waals surface area contributed by atoms with Gasteiger partial charge in [0.05, 0.1) is 22.9 Å². The van der Waals surface area contributed by atoms with Crippen LogP contribution in [-0.4, -0.2) is 48.9 Å². The summed E-state index contributed by atoms with van der Waals surface area (Å²) < 4.78 is 52.6. The Morgan fingerprint density at radius 3 is 2.03 bits per heavy atom. The molecule has 1 unspecified atom stereocenters. The SMILES string of the molecule is CC(NC(=O)COc1ccc(N(C)S(C)(=O)=O)cc1)c1ccc(S(C)(=O)=O)cc1. The number of ether oxygens (including phenoxy) is 1. The van der Waals surface area contributed by atoms with Crippen LogP contribution in [0.3, 0.4) is 0 Å². The minimum atomic E-state index is -3.35. The fraction of sp³-hybridized carbons (Fsp3) is 0.316. The first-order valence-electron chi connectivity index (χ1n) is 8.64. The Hall–Kier alpha value is -2.59. The monoisotopic (exact) mass is 440 g/mol. The number of sulfone groups is 1. The Kier molecular flexibility index (Phi) is 6.91. The van der Waals surface area contributed by atoms with Crippen molar-refractivity contribution in [3.63, 3.8) is 0 Å². The molecule has 158 valence electrons.